The van der Waals surface area contributed by atoms with E-state index in [9.17, 15) is 14.7 Å². The molecular formula is C21H23NO5. The van der Waals surface area contributed by atoms with Crippen LogP contribution in [0.25, 0.3) is 0 Å². The van der Waals surface area contributed by atoms with Crippen LogP contribution in [0.15, 0.2) is 48.5 Å². The highest BCUT2D eigenvalue weighted by atomic mass is 16.5. The van der Waals surface area contributed by atoms with Gasteiger partial charge in [0, 0.05) is 24.6 Å². The number of aliphatic carboxylic acids is 1. The maximum atomic E-state index is 13.0. The zero-order chi connectivity index (χ0) is 19.4. The summed E-state index contributed by atoms with van der Waals surface area (Å²) in [7, 11) is 1.52. The Morgan fingerprint density at radius 3 is 2.48 bits per heavy atom. The van der Waals surface area contributed by atoms with E-state index in [2.05, 4.69) is 0 Å². The molecule has 1 N–H and O–H groups in total. The number of likely N-dealkylation sites (tertiary alicyclic amines) is 1. The predicted molar refractivity (Wildman–Crippen MR) is 100 cm³/mol. The number of carbonyl (C=O) groups is 2. The first kappa shape index (κ1) is 18.8. The van der Waals surface area contributed by atoms with Gasteiger partial charge in [0.05, 0.1) is 19.6 Å². The van der Waals surface area contributed by atoms with Crippen LogP contribution in [-0.2, 0) is 4.79 Å². The van der Waals surface area contributed by atoms with Gasteiger partial charge in [0.25, 0.3) is 5.91 Å². The summed E-state index contributed by atoms with van der Waals surface area (Å²) in [6.07, 6.45) is 0. The Labute approximate surface area is 158 Å². The Morgan fingerprint density at radius 2 is 1.85 bits per heavy atom. The Bertz CT molecular complexity index is 821. The third kappa shape index (κ3) is 3.89. The molecule has 0 spiro atoms. The molecule has 0 aromatic heterocycles. The molecule has 1 aliphatic rings. The first-order chi connectivity index (χ1) is 13.0. The number of nitrogens with zero attached hydrogens (tertiary/aromatic N) is 1. The molecule has 0 radical (unpaired) electrons. The van der Waals surface area contributed by atoms with Crippen molar-refractivity contribution < 1.29 is 24.2 Å². The number of methoxy groups -OCH3 is 1. The number of benzene rings is 2. The lowest BCUT2D eigenvalue weighted by Crippen LogP contribution is -2.29. The fourth-order valence-electron chi connectivity index (χ4n) is 3.52. The van der Waals surface area contributed by atoms with Crippen LogP contribution in [0.3, 0.4) is 0 Å². The topological polar surface area (TPSA) is 76.1 Å². The summed E-state index contributed by atoms with van der Waals surface area (Å²) in [5, 5.41) is 9.62. The van der Waals surface area contributed by atoms with E-state index in [0.717, 1.165) is 5.56 Å². The van der Waals surface area contributed by atoms with E-state index in [4.69, 9.17) is 9.47 Å². The maximum absolute atomic E-state index is 13.0. The molecule has 0 saturated carbocycles. The van der Waals surface area contributed by atoms with Crippen molar-refractivity contribution in [2.75, 3.05) is 26.8 Å². The molecule has 1 aliphatic heterocycles. The molecule has 6 nitrogen and oxygen atoms in total. The van der Waals surface area contributed by atoms with Gasteiger partial charge in [-0.05, 0) is 30.7 Å². The largest absolute Gasteiger partial charge is 0.493 e. The predicted octanol–water partition coefficient (Wildman–Crippen LogP) is 3.03. The number of carboxylic acids is 1. The Balaban J connectivity index is 1.84. The second-order valence-electron chi connectivity index (χ2n) is 6.47. The molecule has 2 aromatic rings. The quantitative estimate of drug-likeness (QED) is 0.847. The van der Waals surface area contributed by atoms with Gasteiger partial charge in [-0.2, -0.15) is 0 Å². The standard InChI is InChI=1S/C21H23NO5/c1-3-27-18-10-9-15(11-19(18)26-2)20(23)22-12-16(17(13-22)21(24)25)14-7-5-4-6-8-14/h4-11,16-17H,3,12-13H2,1-2H3,(H,24,25)/t16-,17-/m0/s1. The number of amides is 1. The Morgan fingerprint density at radius 1 is 1.11 bits per heavy atom. The van der Waals surface area contributed by atoms with Crippen LogP contribution in [0.4, 0.5) is 0 Å². The van der Waals surface area contributed by atoms with Gasteiger partial charge in [0.1, 0.15) is 0 Å². The van der Waals surface area contributed by atoms with E-state index in [-0.39, 0.29) is 18.4 Å². The van der Waals surface area contributed by atoms with Crippen molar-refractivity contribution >= 4 is 11.9 Å². The van der Waals surface area contributed by atoms with Crippen LogP contribution < -0.4 is 9.47 Å². The molecule has 1 amide bonds. The van der Waals surface area contributed by atoms with Gasteiger partial charge < -0.3 is 19.5 Å². The second kappa shape index (κ2) is 8.12. The molecule has 6 heteroatoms. The molecule has 1 heterocycles. The molecule has 142 valence electrons. The summed E-state index contributed by atoms with van der Waals surface area (Å²) in [5.41, 5.74) is 1.39. The summed E-state index contributed by atoms with van der Waals surface area (Å²) in [4.78, 5) is 26.3. The van der Waals surface area contributed by atoms with E-state index < -0.39 is 11.9 Å². The van der Waals surface area contributed by atoms with Gasteiger partial charge in [-0.25, -0.2) is 0 Å². The van der Waals surface area contributed by atoms with Crippen LogP contribution in [0, 0.1) is 5.92 Å². The molecular weight excluding hydrogens is 346 g/mol. The lowest BCUT2D eigenvalue weighted by Gasteiger charge is -2.18. The van der Waals surface area contributed by atoms with Crippen LogP contribution in [-0.4, -0.2) is 48.7 Å². The second-order valence-corrected chi connectivity index (χ2v) is 6.47. The molecule has 0 bridgehead atoms. The van der Waals surface area contributed by atoms with Gasteiger partial charge in [-0.3, -0.25) is 9.59 Å². The molecule has 27 heavy (non-hydrogen) atoms. The molecule has 1 fully saturated rings. The summed E-state index contributed by atoms with van der Waals surface area (Å²) in [6, 6.07) is 14.5. The fourth-order valence-corrected chi connectivity index (χ4v) is 3.52. The van der Waals surface area contributed by atoms with Crippen molar-refractivity contribution in [3.05, 3.63) is 59.7 Å². The summed E-state index contributed by atoms with van der Waals surface area (Å²) in [6.45, 7) is 2.92. The zero-order valence-electron chi connectivity index (χ0n) is 15.4. The lowest BCUT2D eigenvalue weighted by atomic mass is 9.89. The molecule has 2 atom stereocenters. The molecule has 0 unspecified atom stereocenters. The van der Waals surface area contributed by atoms with Crippen molar-refractivity contribution in [1.82, 2.24) is 4.90 Å². The van der Waals surface area contributed by atoms with Crippen molar-refractivity contribution in [1.29, 1.82) is 0 Å². The van der Waals surface area contributed by atoms with Gasteiger partial charge in [-0.1, -0.05) is 30.3 Å². The smallest absolute Gasteiger partial charge is 0.308 e. The minimum atomic E-state index is -0.886. The fraction of sp³-hybridized carbons (Fsp3) is 0.333. The van der Waals surface area contributed by atoms with E-state index in [0.29, 0.717) is 30.2 Å². The molecule has 0 aliphatic carbocycles. The van der Waals surface area contributed by atoms with Crippen LogP contribution in [0.1, 0.15) is 28.8 Å². The van der Waals surface area contributed by atoms with Crippen LogP contribution in [0.2, 0.25) is 0 Å². The Hall–Kier alpha value is -3.02. The van der Waals surface area contributed by atoms with Gasteiger partial charge in [0.15, 0.2) is 11.5 Å². The number of hydrogen-bond donors (Lipinski definition) is 1. The number of carbonyl (C=O) groups excluding carboxylic acids is 1. The Kier molecular flexibility index (Phi) is 5.64. The zero-order valence-corrected chi connectivity index (χ0v) is 15.4. The number of ether oxygens (including phenoxy) is 2. The summed E-state index contributed by atoms with van der Waals surface area (Å²) in [5.74, 6) is -0.887. The molecule has 2 aromatic carbocycles. The average molecular weight is 369 g/mol. The number of rotatable bonds is 6. The van der Waals surface area contributed by atoms with Crippen molar-refractivity contribution in [3.63, 3.8) is 0 Å². The highest BCUT2D eigenvalue weighted by Crippen LogP contribution is 2.35. The minimum absolute atomic E-state index is 0.184. The van der Waals surface area contributed by atoms with Gasteiger partial charge in [0.2, 0.25) is 0 Å². The van der Waals surface area contributed by atoms with Crippen LogP contribution in [0.5, 0.6) is 11.5 Å². The summed E-state index contributed by atoms with van der Waals surface area (Å²) >= 11 is 0. The number of carboxylic acid groups (broad SMARTS) is 1. The van der Waals surface area contributed by atoms with Crippen molar-refractivity contribution in [2.45, 2.75) is 12.8 Å². The minimum Gasteiger partial charge on any atom is -0.493 e. The molecule has 3 rings (SSSR count). The van der Waals surface area contributed by atoms with Gasteiger partial charge >= 0.3 is 5.97 Å². The molecule has 1 saturated heterocycles. The van der Waals surface area contributed by atoms with E-state index >= 15 is 0 Å². The number of hydrogen-bond acceptors (Lipinski definition) is 4. The lowest BCUT2D eigenvalue weighted by molar-refractivity contribution is -0.141. The van der Waals surface area contributed by atoms with E-state index in [1.165, 1.54) is 7.11 Å². The average Bonchev–Trinajstić information content (AvgIpc) is 3.14. The SMILES string of the molecule is CCOc1ccc(C(=O)N2C[C@H](C(=O)O)[C@H](c3ccccc3)C2)cc1OC. The van der Waals surface area contributed by atoms with Gasteiger partial charge in [-0.15, -0.1) is 0 Å². The maximum Gasteiger partial charge on any atom is 0.308 e. The third-order valence-corrected chi connectivity index (χ3v) is 4.86. The highest BCUT2D eigenvalue weighted by molar-refractivity contribution is 5.95. The first-order valence-electron chi connectivity index (χ1n) is 8.93. The highest BCUT2D eigenvalue weighted by Gasteiger charge is 2.40. The van der Waals surface area contributed by atoms with Crippen molar-refractivity contribution in [3.8, 4) is 11.5 Å². The van der Waals surface area contributed by atoms with Crippen molar-refractivity contribution in [2.24, 2.45) is 5.92 Å². The third-order valence-electron chi connectivity index (χ3n) is 4.86. The first-order valence-corrected chi connectivity index (χ1v) is 8.93. The van der Waals surface area contributed by atoms with E-state index in [1.807, 2.05) is 37.3 Å². The normalized spacial score (nSPS) is 19.0. The summed E-state index contributed by atoms with van der Waals surface area (Å²) < 4.78 is 10.8. The van der Waals surface area contributed by atoms with E-state index in [1.54, 1.807) is 23.1 Å². The monoisotopic (exact) mass is 369 g/mol. The van der Waals surface area contributed by atoms with Crippen LogP contribution >= 0.6 is 0 Å².